The minimum Gasteiger partial charge on any atom is -0.389 e. The first-order valence-electron chi connectivity index (χ1n) is 6.40. The van der Waals surface area contributed by atoms with E-state index in [2.05, 4.69) is 0 Å². The molecule has 2 aliphatic rings. The smallest absolute Gasteiger partial charge is 0.252 e. The fourth-order valence-electron chi connectivity index (χ4n) is 2.07. The molecular weight excluding hydrogens is 300 g/mol. The van der Waals surface area contributed by atoms with Gasteiger partial charge in [-0.2, -0.15) is 4.31 Å². The first kappa shape index (κ1) is 13.5. The summed E-state index contributed by atoms with van der Waals surface area (Å²) in [6.07, 6.45) is 4.28. The minimum absolute atomic E-state index is 0.209. The van der Waals surface area contributed by atoms with Gasteiger partial charge in [-0.3, -0.25) is 0 Å². The van der Waals surface area contributed by atoms with Crippen molar-refractivity contribution >= 4 is 38.6 Å². The molecule has 1 aromatic rings. The van der Waals surface area contributed by atoms with Crippen molar-refractivity contribution < 1.29 is 8.42 Å². The summed E-state index contributed by atoms with van der Waals surface area (Å²) in [5, 5.41) is 0. The minimum atomic E-state index is -3.37. The summed E-state index contributed by atoms with van der Waals surface area (Å²) >= 11 is 6.06. The highest BCUT2D eigenvalue weighted by molar-refractivity contribution is 7.91. The van der Waals surface area contributed by atoms with Gasteiger partial charge >= 0.3 is 0 Å². The Morgan fingerprint density at radius 2 is 2.05 bits per heavy atom. The molecule has 2 N–H and O–H groups in total. The Bertz CT molecular complexity index is 600. The summed E-state index contributed by atoms with van der Waals surface area (Å²) < 4.78 is 27.4. The molecule has 2 fully saturated rings. The Hall–Kier alpha value is -0.500. The monoisotopic (exact) mass is 316 g/mol. The standard InChI is InChI=1S/C12H16N2O2S3/c13-12(17)10-5-6-11(18-10)19(15,16)14(9-3-4-9)7-8-1-2-8/h5-6,8-9H,1-4,7H2,(H2,13,17). The van der Waals surface area contributed by atoms with Gasteiger partial charge in [-0.1, -0.05) is 12.2 Å². The van der Waals surface area contributed by atoms with Crippen molar-refractivity contribution in [3.05, 3.63) is 17.0 Å². The van der Waals surface area contributed by atoms with Crippen molar-refractivity contribution in [2.24, 2.45) is 11.7 Å². The average Bonchev–Trinajstić information content (AvgIpc) is 3.24. The van der Waals surface area contributed by atoms with Gasteiger partial charge in [0.2, 0.25) is 0 Å². The van der Waals surface area contributed by atoms with Crippen LogP contribution >= 0.6 is 23.6 Å². The van der Waals surface area contributed by atoms with Gasteiger partial charge in [0.1, 0.15) is 9.20 Å². The average molecular weight is 316 g/mol. The van der Waals surface area contributed by atoms with E-state index in [4.69, 9.17) is 18.0 Å². The summed E-state index contributed by atoms with van der Waals surface area (Å²) in [5.74, 6) is 0.561. The van der Waals surface area contributed by atoms with Gasteiger partial charge < -0.3 is 5.73 Å². The number of sulfonamides is 1. The topological polar surface area (TPSA) is 63.4 Å². The fraction of sp³-hybridized carbons (Fsp3) is 0.583. The highest BCUT2D eigenvalue weighted by atomic mass is 32.2. The molecule has 0 spiro atoms. The Morgan fingerprint density at radius 3 is 2.53 bits per heavy atom. The molecule has 4 nitrogen and oxygen atoms in total. The van der Waals surface area contributed by atoms with E-state index in [1.807, 2.05) is 0 Å². The van der Waals surface area contributed by atoms with E-state index in [0.717, 1.165) is 25.7 Å². The van der Waals surface area contributed by atoms with Crippen LogP contribution in [0.1, 0.15) is 30.6 Å². The fourth-order valence-corrected chi connectivity index (χ4v) is 5.31. The van der Waals surface area contributed by atoms with Crippen molar-refractivity contribution in [1.29, 1.82) is 0 Å². The van der Waals surface area contributed by atoms with E-state index in [-0.39, 0.29) is 11.0 Å². The Kier molecular flexibility index (Phi) is 3.41. The van der Waals surface area contributed by atoms with Crippen LogP contribution in [0.2, 0.25) is 0 Å². The van der Waals surface area contributed by atoms with Crippen LogP contribution in [0.25, 0.3) is 0 Å². The molecule has 0 saturated heterocycles. The highest BCUT2D eigenvalue weighted by Gasteiger charge is 2.41. The van der Waals surface area contributed by atoms with E-state index >= 15 is 0 Å². The normalized spacial score (nSPS) is 19.8. The molecule has 2 aliphatic carbocycles. The number of hydrogen-bond acceptors (Lipinski definition) is 4. The molecule has 0 atom stereocenters. The summed E-state index contributed by atoms with van der Waals surface area (Å²) in [6, 6.07) is 3.53. The summed E-state index contributed by atoms with van der Waals surface area (Å²) in [6.45, 7) is 0.674. The Balaban J connectivity index is 1.87. The second-order valence-electron chi connectivity index (χ2n) is 5.23. The number of nitrogens with two attached hydrogens (primary N) is 1. The lowest BCUT2D eigenvalue weighted by Gasteiger charge is -2.20. The molecule has 2 saturated carbocycles. The second kappa shape index (κ2) is 4.80. The quantitative estimate of drug-likeness (QED) is 0.815. The van der Waals surface area contributed by atoms with E-state index in [0.29, 0.717) is 21.5 Å². The van der Waals surface area contributed by atoms with E-state index in [1.54, 1.807) is 16.4 Å². The first-order chi connectivity index (χ1) is 8.98. The molecule has 0 aromatic carbocycles. The van der Waals surface area contributed by atoms with Gasteiger partial charge in [-0.15, -0.1) is 11.3 Å². The van der Waals surface area contributed by atoms with Crippen LogP contribution in [0.5, 0.6) is 0 Å². The van der Waals surface area contributed by atoms with Crippen LogP contribution in [-0.4, -0.2) is 30.3 Å². The third-order valence-electron chi connectivity index (χ3n) is 3.48. The molecule has 0 amide bonds. The molecule has 19 heavy (non-hydrogen) atoms. The lowest BCUT2D eigenvalue weighted by molar-refractivity contribution is 0.390. The first-order valence-corrected chi connectivity index (χ1v) is 9.06. The van der Waals surface area contributed by atoms with Gasteiger partial charge in [0, 0.05) is 12.6 Å². The molecular formula is C12H16N2O2S3. The van der Waals surface area contributed by atoms with Gasteiger partial charge in [0.15, 0.2) is 0 Å². The van der Waals surface area contributed by atoms with Crippen molar-refractivity contribution in [3.8, 4) is 0 Å². The highest BCUT2D eigenvalue weighted by Crippen LogP contribution is 2.39. The molecule has 1 aromatic heterocycles. The van der Waals surface area contributed by atoms with Crippen LogP contribution in [0.4, 0.5) is 0 Å². The molecule has 0 radical (unpaired) electrons. The second-order valence-corrected chi connectivity index (χ2v) is 8.87. The molecule has 0 bridgehead atoms. The van der Waals surface area contributed by atoms with Crippen LogP contribution < -0.4 is 5.73 Å². The Morgan fingerprint density at radius 1 is 1.37 bits per heavy atom. The zero-order valence-electron chi connectivity index (χ0n) is 10.4. The van der Waals surface area contributed by atoms with E-state index in [1.165, 1.54) is 11.3 Å². The van der Waals surface area contributed by atoms with Crippen LogP contribution in [-0.2, 0) is 10.0 Å². The number of thiocarbonyl (C=S) groups is 1. The maximum atomic E-state index is 12.7. The molecule has 0 aliphatic heterocycles. The molecule has 0 unspecified atom stereocenters. The van der Waals surface area contributed by atoms with E-state index < -0.39 is 10.0 Å². The summed E-state index contributed by atoms with van der Waals surface area (Å²) in [7, 11) is -3.37. The number of rotatable bonds is 6. The molecule has 1 heterocycles. The summed E-state index contributed by atoms with van der Waals surface area (Å²) in [5.41, 5.74) is 5.54. The molecule has 3 rings (SSSR count). The van der Waals surface area contributed by atoms with Crippen molar-refractivity contribution in [2.45, 2.75) is 35.9 Å². The van der Waals surface area contributed by atoms with Crippen molar-refractivity contribution in [1.82, 2.24) is 4.31 Å². The van der Waals surface area contributed by atoms with Gasteiger partial charge in [0.25, 0.3) is 10.0 Å². The lowest BCUT2D eigenvalue weighted by Crippen LogP contribution is -2.34. The zero-order chi connectivity index (χ0) is 13.6. The lowest BCUT2D eigenvalue weighted by atomic mass is 10.4. The Labute approximate surface area is 122 Å². The van der Waals surface area contributed by atoms with Gasteiger partial charge in [-0.05, 0) is 43.7 Å². The van der Waals surface area contributed by atoms with E-state index in [9.17, 15) is 8.42 Å². The third-order valence-corrected chi connectivity index (χ3v) is 7.33. The van der Waals surface area contributed by atoms with Crippen LogP contribution in [0, 0.1) is 5.92 Å². The number of nitrogens with zero attached hydrogens (tertiary/aromatic N) is 1. The molecule has 104 valence electrons. The number of hydrogen-bond donors (Lipinski definition) is 1. The van der Waals surface area contributed by atoms with Gasteiger partial charge in [-0.25, -0.2) is 8.42 Å². The summed E-state index contributed by atoms with van der Waals surface area (Å²) in [4.78, 5) is 0.919. The maximum absolute atomic E-state index is 12.7. The SMILES string of the molecule is NC(=S)c1ccc(S(=O)(=O)N(CC2CC2)C2CC2)s1. The van der Waals surface area contributed by atoms with Gasteiger partial charge in [0.05, 0.1) is 4.88 Å². The predicted molar refractivity (Wildman–Crippen MR) is 79.8 cm³/mol. The van der Waals surface area contributed by atoms with Crippen molar-refractivity contribution in [2.75, 3.05) is 6.54 Å². The largest absolute Gasteiger partial charge is 0.389 e. The predicted octanol–water partition coefficient (Wildman–Crippen LogP) is 1.95. The third kappa shape index (κ3) is 2.84. The van der Waals surface area contributed by atoms with Crippen molar-refractivity contribution in [3.63, 3.8) is 0 Å². The zero-order valence-corrected chi connectivity index (χ0v) is 12.9. The molecule has 7 heteroatoms. The maximum Gasteiger partial charge on any atom is 0.252 e. The van der Waals surface area contributed by atoms with Crippen LogP contribution in [0.3, 0.4) is 0 Å². The number of thiophene rings is 1. The van der Waals surface area contributed by atoms with Crippen LogP contribution in [0.15, 0.2) is 16.3 Å².